The molecule has 4 heteroatoms. The Labute approximate surface area is 122 Å². The van der Waals surface area contributed by atoms with Crippen LogP contribution in [0.5, 0.6) is 0 Å². The number of nitrogens with zero attached hydrogens (tertiary/aromatic N) is 1. The van der Waals surface area contributed by atoms with Crippen LogP contribution in [0.15, 0.2) is 65.2 Å². The van der Waals surface area contributed by atoms with E-state index >= 15 is 0 Å². The van der Waals surface area contributed by atoms with Crippen molar-refractivity contribution in [2.45, 2.75) is 12.5 Å². The van der Waals surface area contributed by atoms with Crippen LogP contribution in [0.25, 0.3) is 11.3 Å². The molecule has 21 heavy (non-hydrogen) atoms. The zero-order valence-corrected chi connectivity index (χ0v) is 11.4. The summed E-state index contributed by atoms with van der Waals surface area (Å²) in [5.74, 6) is 1.23. The van der Waals surface area contributed by atoms with E-state index < -0.39 is 0 Å². The molecule has 1 aromatic carbocycles. The van der Waals surface area contributed by atoms with E-state index in [-0.39, 0.29) is 11.9 Å². The summed E-state index contributed by atoms with van der Waals surface area (Å²) in [6.07, 6.45) is 2.29. The third-order valence-electron chi connectivity index (χ3n) is 3.28. The highest BCUT2D eigenvalue weighted by Gasteiger charge is 2.12. The molecule has 0 radical (unpaired) electrons. The van der Waals surface area contributed by atoms with Gasteiger partial charge in [-0.25, -0.2) is 4.39 Å². The molecule has 106 valence electrons. The topological polar surface area (TPSA) is 52.0 Å². The lowest BCUT2D eigenvalue weighted by molar-refractivity contribution is 0.496. The maximum atomic E-state index is 12.9. The second kappa shape index (κ2) is 5.89. The summed E-state index contributed by atoms with van der Waals surface area (Å²) < 4.78 is 18.7. The number of pyridine rings is 1. The van der Waals surface area contributed by atoms with Gasteiger partial charge in [0.2, 0.25) is 0 Å². The molecule has 2 N–H and O–H groups in total. The van der Waals surface area contributed by atoms with E-state index in [2.05, 4.69) is 4.98 Å². The van der Waals surface area contributed by atoms with E-state index in [1.54, 1.807) is 18.3 Å². The summed E-state index contributed by atoms with van der Waals surface area (Å²) >= 11 is 0. The minimum atomic E-state index is -0.261. The Hall–Kier alpha value is -2.46. The predicted molar refractivity (Wildman–Crippen MR) is 79.0 cm³/mol. The number of furan rings is 1. The normalized spacial score (nSPS) is 12.3. The summed E-state index contributed by atoms with van der Waals surface area (Å²) in [7, 11) is 0. The van der Waals surface area contributed by atoms with Gasteiger partial charge in [-0.15, -0.1) is 0 Å². The molecule has 2 heterocycles. The van der Waals surface area contributed by atoms with Crippen molar-refractivity contribution in [1.82, 2.24) is 4.98 Å². The first-order chi connectivity index (χ1) is 10.2. The highest BCUT2D eigenvalue weighted by molar-refractivity contribution is 5.57. The van der Waals surface area contributed by atoms with Crippen molar-refractivity contribution in [3.63, 3.8) is 0 Å². The Morgan fingerprint density at radius 1 is 1.05 bits per heavy atom. The molecule has 0 saturated carbocycles. The fourth-order valence-electron chi connectivity index (χ4n) is 2.17. The first-order valence-electron chi connectivity index (χ1n) is 6.73. The molecule has 0 spiro atoms. The van der Waals surface area contributed by atoms with E-state index in [0.717, 1.165) is 17.0 Å². The highest BCUT2D eigenvalue weighted by atomic mass is 19.1. The predicted octanol–water partition coefficient (Wildman–Crippen LogP) is 3.72. The van der Waals surface area contributed by atoms with E-state index in [9.17, 15) is 4.39 Å². The molecule has 0 aliphatic heterocycles. The monoisotopic (exact) mass is 282 g/mol. The van der Waals surface area contributed by atoms with Gasteiger partial charge < -0.3 is 10.2 Å². The molecule has 1 atom stereocenters. The molecule has 0 aliphatic carbocycles. The second-order valence-electron chi connectivity index (χ2n) is 4.84. The third kappa shape index (κ3) is 3.17. The maximum absolute atomic E-state index is 12.9. The number of hydrogen-bond acceptors (Lipinski definition) is 3. The van der Waals surface area contributed by atoms with Crippen LogP contribution in [0.2, 0.25) is 0 Å². The molecule has 3 aromatic rings. The smallest absolute Gasteiger partial charge is 0.134 e. The lowest BCUT2D eigenvalue weighted by atomic mass is 10.1. The van der Waals surface area contributed by atoms with Gasteiger partial charge in [0.1, 0.15) is 17.3 Å². The van der Waals surface area contributed by atoms with Gasteiger partial charge in [0.15, 0.2) is 0 Å². The average Bonchev–Trinajstić information content (AvgIpc) is 2.97. The zero-order chi connectivity index (χ0) is 14.7. The maximum Gasteiger partial charge on any atom is 0.134 e. The number of benzene rings is 1. The Morgan fingerprint density at radius 2 is 1.86 bits per heavy atom. The number of hydrogen-bond donors (Lipinski definition) is 1. The van der Waals surface area contributed by atoms with Crippen LogP contribution in [-0.2, 0) is 6.42 Å². The van der Waals surface area contributed by atoms with Crippen molar-refractivity contribution in [3.8, 4) is 11.3 Å². The molecule has 0 bridgehead atoms. The van der Waals surface area contributed by atoms with E-state index in [4.69, 9.17) is 10.2 Å². The summed E-state index contributed by atoms with van der Waals surface area (Å²) in [5.41, 5.74) is 7.80. The minimum absolute atomic E-state index is 0.210. The fourth-order valence-corrected chi connectivity index (χ4v) is 2.17. The molecule has 0 amide bonds. The number of aromatic nitrogens is 1. The van der Waals surface area contributed by atoms with Crippen LogP contribution in [0, 0.1) is 5.82 Å². The van der Waals surface area contributed by atoms with Crippen LogP contribution >= 0.6 is 0 Å². The van der Waals surface area contributed by atoms with Crippen LogP contribution in [0.1, 0.15) is 17.5 Å². The first kappa shape index (κ1) is 13.5. The van der Waals surface area contributed by atoms with Crippen LogP contribution in [0.3, 0.4) is 0 Å². The Bertz CT molecular complexity index is 707. The van der Waals surface area contributed by atoms with Gasteiger partial charge >= 0.3 is 0 Å². The summed E-state index contributed by atoms with van der Waals surface area (Å²) in [6.45, 7) is 0. The molecule has 2 aromatic heterocycles. The Morgan fingerprint density at radius 3 is 2.57 bits per heavy atom. The van der Waals surface area contributed by atoms with Crippen LogP contribution < -0.4 is 5.73 Å². The van der Waals surface area contributed by atoms with Crippen LogP contribution in [0.4, 0.5) is 4.39 Å². The van der Waals surface area contributed by atoms with Gasteiger partial charge in [0, 0.05) is 18.2 Å². The average molecular weight is 282 g/mol. The van der Waals surface area contributed by atoms with E-state index in [1.165, 1.54) is 12.1 Å². The molecule has 3 nitrogen and oxygen atoms in total. The summed E-state index contributed by atoms with van der Waals surface area (Å²) in [6, 6.07) is 15.4. The fraction of sp³-hybridized carbons (Fsp3) is 0.118. The second-order valence-corrected chi connectivity index (χ2v) is 4.84. The largest absolute Gasteiger partial charge is 0.461 e. The standard InChI is InChI=1S/C17H15FN2O/c18-13-6-4-12(5-7-13)17-9-8-14(21-17)11-15(19)16-3-1-2-10-20-16/h1-10,15H,11,19H2. The van der Waals surface area contributed by atoms with Gasteiger partial charge in [-0.05, 0) is 48.5 Å². The lowest BCUT2D eigenvalue weighted by Crippen LogP contribution is -2.14. The molecule has 0 aliphatic rings. The van der Waals surface area contributed by atoms with Crippen molar-refractivity contribution in [2.24, 2.45) is 5.73 Å². The molecule has 3 rings (SSSR count). The van der Waals surface area contributed by atoms with Gasteiger partial charge in [-0.2, -0.15) is 0 Å². The van der Waals surface area contributed by atoms with Crippen molar-refractivity contribution in [3.05, 3.63) is 78.1 Å². The number of rotatable bonds is 4. The lowest BCUT2D eigenvalue weighted by Gasteiger charge is -2.08. The summed E-state index contributed by atoms with van der Waals surface area (Å²) in [5, 5.41) is 0. The third-order valence-corrected chi connectivity index (χ3v) is 3.28. The molecular formula is C17H15FN2O. The molecule has 0 saturated heterocycles. The van der Waals surface area contributed by atoms with Crippen LogP contribution in [-0.4, -0.2) is 4.98 Å². The van der Waals surface area contributed by atoms with E-state index in [0.29, 0.717) is 12.2 Å². The summed E-state index contributed by atoms with van der Waals surface area (Å²) in [4.78, 5) is 4.24. The van der Waals surface area contributed by atoms with Gasteiger partial charge in [-0.3, -0.25) is 4.98 Å². The minimum Gasteiger partial charge on any atom is -0.461 e. The SMILES string of the molecule is NC(Cc1ccc(-c2ccc(F)cc2)o1)c1ccccn1. The Kier molecular flexibility index (Phi) is 3.79. The van der Waals surface area contributed by atoms with E-state index in [1.807, 2.05) is 30.3 Å². The zero-order valence-electron chi connectivity index (χ0n) is 11.4. The van der Waals surface area contributed by atoms with Crippen molar-refractivity contribution < 1.29 is 8.81 Å². The number of halogens is 1. The van der Waals surface area contributed by atoms with Gasteiger partial charge in [-0.1, -0.05) is 6.07 Å². The van der Waals surface area contributed by atoms with Crippen molar-refractivity contribution in [2.75, 3.05) is 0 Å². The number of nitrogens with two attached hydrogens (primary N) is 1. The molecular weight excluding hydrogens is 267 g/mol. The quantitative estimate of drug-likeness (QED) is 0.793. The van der Waals surface area contributed by atoms with Crippen molar-refractivity contribution in [1.29, 1.82) is 0 Å². The van der Waals surface area contributed by atoms with Crippen molar-refractivity contribution >= 4 is 0 Å². The molecule has 0 fully saturated rings. The van der Waals surface area contributed by atoms with Gasteiger partial charge in [0.05, 0.1) is 11.7 Å². The Balaban J connectivity index is 1.75. The first-order valence-corrected chi connectivity index (χ1v) is 6.73. The van der Waals surface area contributed by atoms with Gasteiger partial charge in [0.25, 0.3) is 0 Å². The molecule has 1 unspecified atom stereocenters. The highest BCUT2D eigenvalue weighted by Crippen LogP contribution is 2.24.